The molecule has 25 heavy (non-hydrogen) atoms. The van der Waals surface area contributed by atoms with Crippen molar-refractivity contribution < 1.29 is 9.53 Å². The smallest absolute Gasteiger partial charge is 0.266 e. The van der Waals surface area contributed by atoms with E-state index in [0.29, 0.717) is 23.0 Å². The largest absolute Gasteiger partial charge is 0.497 e. The van der Waals surface area contributed by atoms with Gasteiger partial charge in [-0.15, -0.1) is 0 Å². The molecular weight excluding hydrogens is 340 g/mol. The molecule has 0 aliphatic heterocycles. The number of aryl methyl sites for hydroxylation is 2. The van der Waals surface area contributed by atoms with Crippen molar-refractivity contribution in [2.45, 2.75) is 27.3 Å². The van der Waals surface area contributed by atoms with Crippen LogP contribution in [0.2, 0.25) is 5.02 Å². The van der Waals surface area contributed by atoms with Gasteiger partial charge in [0.2, 0.25) is 0 Å². The van der Waals surface area contributed by atoms with Gasteiger partial charge in [0, 0.05) is 23.9 Å². The van der Waals surface area contributed by atoms with Crippen LogP contribution in [-0.4, -0.2) is 22.8 Å². The van der Waals surface area contributed by atoms with Crippen molar-refractivity contribution in [1.29, 1.82) is 5.26 Å². The van der Waals surface area contributed by atoms with Gasteiger partial charge in [0.15, 0.2) is 0 Å². The van der Waals surface area contributed by atoms with E-state index in [0.717, 1.165) is 17.0 Å². The maximum atomic E-state index is 12.5. The molecule has 130 valence electrons. The first-order valence-corrected chi connectivity index (χ1v) is 8.09. The van der Waals surface area contributed by atoms with Gasteiger partial charge in [-0.2, -0.15) is 10.4 Å². The Kier molecular flexibility index (Phi) is 5.84. The minimum absolute atomic E-state index is 0.0271. The molecule has 1 aromatic heterocycles. The molecule has 0 fully saturated rings. The van der Waals surface area contributed by atoms with Crippen molar-refractivity contribution in [1.82, 2.24) is 9.78 Å². The lowest BCUT2D eigenvalue weighted by Crippen LogP contribution is -2.14. The van der Waals surface area contributed by atoms with Gasteiger partial charge in [-0.1, -0.05) is 11.6 Å². The standard InChI is InChI=1S/C18H19ClN4O2/c1-5-23-12(3)15(11(2)22-23)8-13(10-20)18(24)21-17-9-14(25-4)6-7-16(17)19/h6-9H,5H2,1-4H3,(H,21,24)/b13-8+. The highest BCUT2D eigenvalue weighted by atomic mass is 35.5. The van der Waals surface area contributed by atoms with E-state index in [4.69, 9.17) is 16.3 Å². The van der Waals surface area contributed by atoms with Gasteiger partial charge in [0.05, 0.1) is 23.5 Å². The van der Waals surface area contributed by atoms with E-state index in [1.54, 1.807) is 24.3 Å². The van der Waals surface area contributed by atoms with E-state index >= 15 is 0 Å². The second kappa shape index (κ2) is 7.86. The summed E-state index contributed by atoms with van der Waals surface area (Å²) in [4.78, 5) is 12.5. The van der Waals surface area contributed by atoms with E-state index in [1.807, 2.05) is 31.5 Å². The van der Waals surface area contributed by atoms with Crippen molar-refractivity contribution in [3.63, 3.8) is 0 Å². The predicted molar refractivity (Wildman–Crippen MR) is 97.6 cm³/mol. The summed E-state index contributed by atoms with van der Waals surface area (Å²) >= 11 is 6.09. The van der Waals surface area contributed by atoms with Crippen LogP contribution in [-0.2, 0) is 11.3 Å². The minimum atomic E-state index is -0.541. The van der Waals surface area contributed by atoms with Crippen LogP contribution in [0, 0.1) is 25.2 Å². The number of hydrogen-bond acceptors (Lipinski definition) is 4. The zero-order valence-corrected chi connectivity index (χ0v) is 15.3. The number of ether oxygens (including phenoxy) is 1. The molecular formula is C18H19ClN4O2. The lowest BCUT2D eigenvalue weighted by atomic mass is 10.1. The molecule has 0 aliphatic rings. The van der Waals surface area contributed by atoms with Crippen LogP contribution in [0.15, 0.2) is 23.8 Å². The number of rotatable bonds is 5. The van der Waals surface area contributed by atoms with Gasteiger partial charge in [0.1, 0.15) is 17.4 Å². The van der Waals surface area contributed by atoms with Gasteiger partial charge < -0.3 is 10.1 Å². The molecule has 0 saturated heterocycles. The highest BCUT2D eigenvalue weighted by molar-refractivity contribution is 6.34. The van der Waals surface area contributed by atoms with Crippen LogP contribution in [0.25, 0.3) is 6.08 Å². The summed E-state index contributed by atoms with van der Waals surface area (Å²) in [6, 6.07) is 6.84. The highest BCUT2D eigenvalue weighted by Crippen LogP contribution is 2.27. The first-order valence-electron chi connectivity index (χ1n) is 7.72. The average molecular weight is 359 g/mol. The number of carbonyl (C=O) groups is 1. The fourth-order valence-electron chi connectivity index (χ4n) is 2.44. The molecule has 7 heteroatoms. The van der Waals surface area contributed by atoms with E-state index < -0.39 is 5.91 Å². The Morgan fingerprint density at radius 3 is 2.76 bits per heavy atom. The molecule has 0 saturated carbocycles. The fourth-order valence-corrected chi connectivity index (χ4v) is 2.60. The van der Waals surface area contributed by atoms with Crippen LogP contribution in [0.3, 0.4) is 0 Å². The summed E-state index contributed by atoms with van der Waals surface area (Å²) in [7, 11) is 1.52. The molecule has 2 rings (SSSR count). The highest BCUT2D eigenvalue weighted by Gasteiger charge is 2.15. The van der Waals surface area contributed by atoms with E-state index in [1.165, 1.54) is 7.11 Å². The molecule has 0 atom stereocenters. The number of carbonyl (C=O) groups excluding carboxylic acids is 1. The summed E-state index contributed by atoms with van der Waals surface area (Å²) in [6.45, 7) is 6.45. The fraction of sp³-hybridized carbons (Fsp3) is 0.278. The predicted octanol–water partition coefficient (Wildman–Crippen LogP) is 3.73. The molecule has 2 aromatic rings. The molecule has 6 nitrogen and oxygen atoms in total. The third-order valence-electron chi connectivity index (χ3n) is 3.81. The first-order chi connectivity index (χ1) is 11.9. The van der Waals surface area contributed by atoms with E-state index in [2.05, 4.69) is 10.4 Å². The van der Waals surface area contributed by atoms with Crippen LogP contribution >= 0.6 is 11.6 Å². The summed E-state index contributed by atoms with van der Waals surface area (Å²) in [5.74, 6) is 0.0128. The first kappa shape index (κ1) is 18.6. The van der Waals surface area contributed by atoms with Crippen molar-refractivity contribution in [2.75, 3.05) is 12.4 Å². The van der Waals surface area contributed by atoms with Crippen molar-refractivity contribution in [2.24, 2.45) is 0 Å². The Balaban J connectivity index is 2.34. The number of nitrogens with zero attached hydrogens (tertiary/aromatic N) is 3. The number of methoxy groups -OCH3 is 1. The Labute approximate surface area is 151 Å². The number of benzene rings is 1. The molecule has 0 bridgehead atoms. The number of nitriles is 1. The zero-order chi connectivity index (χ0) is 18.6. The van der Waals surface area contributed by atoms with Gasteiger partial charge in [-0.25, -0.2) is 0 Å². The Bertz CT molecular complexity index is 878. The zero-order valence-electron chi connectivity index (χ0n) is 14.6. The third-order valence-corrected chi connectivity index (χ3v) is 4.14. The lowest BCUT2D eigenvalue weighted by Gasteiger charge is -2.08. The quantitative estimate of drug-likeness (QED) is 0.652. The number of anilines is 1. The molecule has 1 heterocycles. The maximum Gasteiger partial charge on any atom is 0.266 e. The SMILES string of the molecule is CCn1nc(C)c(/C=C(\C#N)C(=O)Nc2cc(OC)ccc2Cl)c1C. The monoisotopic (exact) mass is 358 g/mol. The average Bonchev–Trinajstić information content (AvgIpc) is 2.88. The molecule has 0 aliphatic carbocycles. The molecule has 1 amide bonds. The minimum Gasteiger partial charge on any atom is -0.497 e. The molecule has 0 radical (unpaired) electrons. The Hall–Kier alpha value is -2.78. The van der Waals surface area contributed by atoms with Gasteiger partial charge in [-0.3, -0.25) is 9.48 Å². The van der Waals surface area contributed by atoms with Gasteiger partial charge in [0.25, 0.3) is 5.91 Å². The van der Waals surface area contributed by atoms with Crippen LogP contribution in [0.1, 0.15) is 23.9 Å². The number of amides is 1. The van der Waals surface area contributed by atoms with Crippen LogP contribution in [0.5, 0.6) is 5.75 Å². The van der Waals surface area contributed by atoms with Gasteiger partial charge in [-0.05, 0) is 39.0 Å². The third kappa shape index (κ3) is 4.01. The number of aromatic nitrogens is 2. The second-order valence-corrected chi connectivity index (χ2v) is 5.78. The molecule has 0 unspecified atom stereocenters. The normalized spacial score (nSPS) is 11.1. The van der Waals surface area contributed by atoms with E-state index in [9.17, 15) is 10.1 Å². The number of hydrogen-bond donors (Lipinski definition) is 1. The van der Waals surface area contributed by atoms with Crippen molar-refractivity contribution in [3.05, 3.63) is 45.7 Å². The maximum absolute atomic E-state index is 12.5. The molecule has 0 spiro atoms. The van der Waals surface area contributed by atoms with Crippen LogP contribution < -0.4 is 10.1 Å². The van der Waals surface area contributed by atoms with Crippen LogP contribution in [0.4, 0.5) is 5.69 Å². The van der Waals surface area contributed by atoms with Gasteiger partial charge >= 0.3 is 0 Å². The Morgan fingerprint density at radius 1 is 1.48 bits per heavy atom. The molecule has 1 N–H and O–H groups in total. The van der Waals surface area contributed by atoms with E-state index in [-0.39, 0.29) is 5.57 Å². The summed E-state index contributed by atoms with van der Waals surface area (Å²) in [6.07, 6.45) is 1.55. The second-order valence-electron chi connectivity index (χ2n) is 5.37. The van der Waals surface area contributed by atoms with Crippen molar-refractivity contribution >= 4 is 29.3 Å². The topological polar surface area (TPSA) is 79.9 Å². The number of halogens is 1. The van der Waals surface area contributed by atoms with Crippen molar-refractivity contribution in [3.8, 4) is 11.8 Å². The lowest BCUT2D eigenvalue weighted by molar-refractivity contribution is -0.112. The summed E-state index contributed by atoms with van der Waals surface area (Å²) in [5, 5.41) is 16.8. The Morgan fingerprint density at radius 2 is 2.20 bits per heavy atom. The number of nitrogens with one attached hydrogen (secondary N) is 1. The summed E-state index contributed by atoms with van der Waals surface area (Å²) in [5.41, 5.74) is 2.79. The summed E-state index contributed by atoms with van der Waals surface area (Å²) < 4.78 is 6.95. The molecule has 1 aromatic carbocycles.